The molecule has 2 aliphatic heterocycles. The first-order valence-corrected chi connectivity index (χ1v) is 18.6. The minimum atomic E-state index is -4.18. The van der Waals surface area contributed by atoms with E-state index in [1.165, 1.54) is 36.4 Å². The van der Waals surface area contributed by atoms with Crippen LogP contribution in [-0.2, 0) is 9.84 Å². The molecule has 0 saturated carbocycles. The van der Waals surface area contributed by atoms with Crippen LogP contribution in [0.15, 0.2) is 121 Å². The Morgan fingerprint density at radius 3 is 1.40 bits per heavy atom. The Bertz CT molecular complexity index is 2470. The summed E-state index contributed by atoms with van der Waals surface area (Å²) in [7, 11) is -4.18. The third-order valence-corrected chi connectivity index (χ3v) is 11.9. The molecule has 12 nitrogen and oxygen atoms in total. The second kappa shape index (κ2) is 12.9. The molecular weight excluding hydrogens is 697 g/mol. The van der Waals surface area contributed by atoms with Crippen LogP contribution >= 0.6 is 0 Å². The van der Waals surface area contributed by atoms with Gasteiger partial charge in [-0.2, -0.15) is 0 Å². The van der Waals surface area contributed by atoms with Crippen LogP contribution in [0.4, 0.5) is 11.4 Å². The van der Waals surface area contributed by atoms with Gasteiger partial charge in [-0.3, -0.25) is 31.0 Å². The standard InChI is InChI=1S/C40H30N4O8S/c41-39-33(35(25-9-5-11-27(19-25)43(45)46)31-17-15-23-7-1-3-13-29(23)37(31)51-39)21-53(49,50)22-34-36(26-10-6-12-28(20-26)44(47)48)32-18-16-24-8-2-4-14-30(24)38(32)52-40(34)42/h1-20,33-36,41-42H,21-22H2. The highest BCUT2D eigenvalue weighted by atomic mass is 32.2. The van der Waals surface area contributed by atoms with Gasteiger partial charge in [0.25, 0.3) is 11.4 Å². The van der Waals surface area contributed by atoms with E-state index in [4.69, 9.17) is 20.3 Å². The average molecular weight is 727 g/mol. The van der Waals surface area contributed by atoms with Gasteiger partial charge in [-0.05, 0) is 21.9 Å². The fourth-order valence-corrected chi connectivity index (χ4v) is 9.71. The van der Waals surface area contributed by atoms with Crippen molar-refractivity contribution in [1.82, 2.24) is 0 Å². The molecule has 53 heavy (non-hydrogen) atoms. The largest absolute Gasteiger partial charge is 0.442 e. The highest BCUT2D eigenvalue weighted by molar-refractivity contribution is 7.91. The summed E-state index contributed by atoms with van der Waals surface area (Å²) < 4.78 is 41.2. The zero-order valence-corrected chi connectivity index (χ0v) is 28.7. The van der Waals surface area contributed by atoms with Gasteiger partial charge in [-0.1, -0.05) is 97.1 Å². The number of ether oxygens (including phenoxy) is 2. The Labute approximate surface area is 302 Å². The highest BCUT2D eigenvalue weighted by Crippen LogP contribution is 2.49. The Kier molecular flexibility index (Phi) is 8.22. The normalized spacial score (nSPS) is 19.5. The van der Waals surface area contributed by atoms with E-state index in [1.54, 1.807) is 24.3 Å². The minimum absolute atomic E-state index is 0.178. The molecule has 0 saturated heterocycles. The predicted octanol–water partition coefficient (Wildman–Crippen LogP) is 8.16. The molecule has 2 aliphatic rings. The van der Waals surface area contributed by atoms with Gasteiger partial charge >= 0.3 is 0 Å². The van der Waals surface area contributed by atoms with Gasteiger partial charge in [-0.15, -0.1) is 0 Å². The van der Waals surface area contributed by atoms with Crippen molar-refractivity contribution in [2.24, 2.45) is 11.8 Å². The number of sulfone groups is 1. The first kappa shape index (κ1) is 33.7. The number of non-ortho nitro benzene ring substituents is 2. The van der Waals surface area contributed by atoms with E-state index >= 15 is 0 Å². The Balaban J connectivity index is 1.22. The van der Waals surface area contributed by atoms with Crippen molar-refractivity contribution in [3.05, 3.63) is 164 Å². The number of nitro groups is 2. The first-order chi connectivity index (χ1) is 25.5. The number of fused-ring (bicyclic) bond motifs is 6. The van der Waals surface area contributed by atoms with Gasteiger partial charge in [0.1, 0.15) is 11.5 Å². The maximum atomic E-state index is 14.5. The van der Waals surface area contributed by atoms with Crippen LogP contribution in [0, 0.1) is 42.9 Å². The molecule has 13 heteroatoms. The third kappa shape index (κ3) is 6.04. The van der Waals surface area contributed by atoms with Crippen LogP contribution in [0.2, 0.25) is 0 Å². The van der Waals surface area contributed by atoms with Crippen molar-refractivity contribution < 1.29 is 27.7 Å². The molecule has 0 spiro atoms. The molecule has 2 N–H and O–H groups in total. The monoisotopic (exact) mass is 726 g/mol. The Hall–Kier alpha value is -6.47. The molecule has 0 fully saturated rings. The summed E-state index contributed by atoms with van der Waals surface area (Å²) in [5.74, 6) is -4.77. The van der Waals surface area contributed by atoms with Crippen molar-refractivity contribution in [3.63, 3.8) is 0 Å². The fraction of sp³-hybridized carbons (Fsp3) is 0.150. The van der Waals surface area contributed by atoms with Gasteiger partial charge in [0.15, 0.2) is 21.6 Å². The summed E-state index contributed by atoms with van der Waals surface area (Å²) in [4.78, 5) is 22.6. The molecule has 8 rings (SSSR count). The molecule has 0 amide bonds. The second-order valence-electron chi connectivity index (χ2n) is 13.3. The summed E-state index contributed by atoms with van der Waals surface area (Å²) in [5, 5.41) is 44.9. The number of nitrogens with one attached hydrogen (secondary N) is 2. The summed E-state index contributed by atoms with van der Waals surface area (Å²) in [6, 6.07) is 34.1. The van der Waals surface area contributed by atoms with Crippen molar-refractivity contribution in [2.75, 3.05) is 11.5 Å². The molecular formula is C40H30N4O8S. The van der Waals surface area contributed by atoms with Crippen molar-refractivity contribution in [3.8, 4) is 11.5 Å². The quantitative estimate of drug-likeness (QED) is 0.116. The number of hydrogen-bond donors (Lipinski definition) is 2. The number of nitro benzene ring substituents is 2. The van der Waals surface area contributed by atoms with E-state index in [1.807, 2.05) is 60.7 Å². The summed E-state index contributed by atoms with van der Waals surface area (Å²) in [6.07, 6.45) is 0. The lowest BCUT2D eigenvalue weighted by atomic mass is 9.78. The van der Waals surface area contributed by atoms with Crippen LogP contribution in [0.25, 0.3) is 21.5 Å². The predicted molar refractivity (Wildman–Crippen MR) is 200 cm³/mol. The number of nitrogens with zero attached hydrogens (tertiary/aromatic N) is 2. The smallest absolute Gasteiger partial charge is 0.269 e. The maximum absolute atomic E-state index is 14.5. The Morgan fingerprint density at radius 2 is 0.981 bits per heavy atom. The molecule has 6 aromatic carbocycles. The maximum Gasteiger partial charge on any atom is 0.269 e. The van der Waals surface area contributed by atoms with Crippen molar-refractivity contribution in [1.29, 1.82) is 10.8 Å². The lowest BCUT2D eigenvalue weighted by Gasteiger charge is -2.36. The molecule has 0 bridgehead atoms. The van der Waals surface area contributed by atoms with E-state index < -0.39 is 54.9 Å². The highest BCUT2D eigenvalue weighted by Gasteiger charge is 2.44. The summed E-state index contributed by atoms with van der Waals surface area (Å²) in [5.41, 5.74) is 1.72. The lowest BCUT2D eigenvalue weighted by molar-refractivity contribution is -0.385. The molecule has 2 heterocycles. The van der Waals surface area contributed by atoms with Gasteiger partial charge < -0.3 is 9.47 Å². The zero-order valence-electron chi connectivity index (χ0n) is 27.8. The molecule has 6 aromatic rings. The van der Waals surface area contributed by atoms with Gasteiger partial charge in [0.2, 0.25) is 0 Å². The summed E-state index contributed by atoms with van der Waals surface area (Å²) >= 11 is 0. The van der Waals surface area contributed by atoms with Gasteiger partial charge in [-0.25, -0.2) is 8.42 Å². The van der Waals surface area contributed by atoms with E-state index in [2.05, 4.69) is 0 Å². The zero-order chi connectivity index (χ0) is 37.0. The number of benzene rings is 6. The minimum Gasteiger partial charge on any atom is -0.442 e. The molecule has 0 radical (unpaired) electrons. The first-order valence-electron chi connectivity index (χ1n) is 16.7. The van der Waals surface area contributed by atoms with Crippen molar-refractivity contribution >= 4 is 54.6 Å². The van der Waals surface area contributed by atoms with E-state index in [9.17, 15) is 28.6 Å². The molecule has 0 aromatic heterocycles. The number of rotatable bonds is 8. The van der Waals surface area contributed by atoms with Gasteiger partial charge in [0, 0.05) is 58.0 Å². The fourth-order valence-electron chi connectivity index (χ4n) is 7.79. The Morgan fingerprint density at radius 1 is 0.566 bits per heavy atom. The lowest BCUT2D eigenvalue weighted by Crippen LogP contribution is -2.41. The number of hydrogen-bond acceptors (Lipinski definition) is 10. The topological polar surface area (TPSA) is 187 Å². The van der Waals surface area contributed by atoms with E-state index in [0.717, 1.165) is 10.8 Å². The van der Waals surface area contributed by atoms with Crippen LogP contribution in [0.5, 0.6) is 11.5 Å². The molecule has 4 atom stereocenters. The van der Waals surface area contributed by atoms with Crippen LogP contribution in [0.1, 0.15) is 34.1 Å². The van der Waals surface area contributed by atoms with Crippen LogP contribution in [-0.4, -0.2) is 41.6 Å². The van der Waals surface area contributed by atoms with Crippen molar-refractivity contribution in [2.45, 2.75) is 11.8 Å². The third-order valence-electron chi connectivity index (χ3n) is 10.1. The molecule has 0 aliphatic carbocycles. The van der Waals surface area contributed by atoms with E-state index in [0.29, 0.717) is 44.5 Å². The summed E-state index contributed by atoms with van der Waals surface area (Å²) in [6.45, 7) is 0. The molecule has 4 unspecified atom stereocenters. The average Bonchev–Trinajstić information content (AvgIpc) is 3.15. The van der Waals surface area contributed by atoms with Gasteiger partial charge in [0.05, 0.1) is 33.2 Å². The van der Waals surface area contributed by atoms with Crippen LogP contribution < -0.4 is 9.47 Å². The van der Waals surface area contributed by atoms with E-state index in [-0.39, 0.29) is 23.2 Å². The van der Waals surface area contributed by atoms with Crippen LogP contribution in [0.3, 0.4) is 0 Å². The second-order valence-corrected chi connectivity index (χ2v) is 15.4. The molecule has 264 valence electrons. The SMILES string of the molecule is N=C1Oc2c(ccc3ccccc23)C(c2cccc([N+](=O)[O-])c2)C1CS(=O)(=O)CC1C(=N)Oc2c(ccc3ccccc23)C1c1cccc([N+](=O)[O-])c1.